The molecule has 0 aliphatic heterocycles. The average Bonchev–Trinajstić information content (AvgIpc) is 3.44. The lowest BCUT2D eigenvalue weighted by atomic mass is 10.0. The van der Waals surface area contributed by atoms with Crippen LogP contribution >= 0.6 is 23.1 Å². The number of thiazole rings is 1. The van der Waals surface area contributed by atoms with Gasteiger partial charge in [-0.2, -0.15) is 0 Å². The Hall–Kier alpha value is -4.68. The largest absolute Gasteiger partial charge is 0.497 e. The minimum Gasteiger partial charge on any atom is -0.497 e. The van der Waals surface area contributed by atoms with E-state index in [-0.39, 0.29) is 17.0 Å². The lowest BCUT2D eigenvalue weighted by Crippen LogP contribution is -2.24. The number of benzene rings is 3. The van der Waals surface area contributed by atoms with Crippen molar-refractivity contribution >= 4 is 57.7 Å². The van der Waals surface area contributed by atoms with Crippen LogP contribution in [0.3, 0.4) is 0 Å². The molecule has 1 heterocycles. The van der Waals surface area contributed by atoms with E-state index in [4.69, 9.17) is 9.84 Å². The van der Waals surface area contributed by atoms with E-state index in [9.17, 15) is 24.3 Å². The quantitative estimate of drug-likeness (QED) is 0.154. The maximum absolute atomic E-state index is 13.1. The van der Waals surface area contributed by atoms with Crippen LogP contribution in [0.5, 0.6) is 5.75 Å². The van der Waals surface area contributed by atoms with Crippen LogP contribution < -0.4 is 15.4 Å². The summed E-state index contributed by atoms with van der Waals surface area (Å²) in [5.74, 6) is -2.90. The molecule has 0 aliphatic carbocycles. The van der Waals surface area contributed by atoms with Gasteiger partial charge in [0.25, 0.3) is 5.91 Å². The number of rotatable bonds is 11. The fourth-order valence-corrected chi connectivity index (χ4v) is 5.53. The van der Waals surface area contributed by atoms with E-state index in [1.54, 1.807) is 31.4 Å². The Bertz CT molecular complexity index is 1600. The summed E-state index contributed by atoms with van der Waals surface area (Å²) < 4.78 is 5.18. The molecule has 0 spiro atoms. The predicted molar refractivity (Wildman–Crippen MR) is 157 cm³/mol. The van der Waals surface area contributed by atoms with Gasteiger partial charge in [-0.15, -0.1) is 23.1 Å². The number of nitrogens with one attached hydrogen (secondary N) is 2. The molecule has 2 amide bonds. The van der Waals surface area contributed by atoms with E-state index in [0.717, 1.165) is 29.1 Å². The van der Waals surface area contributed by atoms with Crippen molar-refractivity contribution < 1.29 is 34.1 Å². The molecule has 1 unspecified atom stereocenters. The number of hydrogen-bond donors (Lipinski definition) is 4. The topological polar surface area (TPSA) is 155 Å². The first-order chi connectivity index (χ1) is 19.7. The molecular weight excluding hydrogens is 566 g/mol. The first-order valence-corrected chi connectivity index (χ1v) is 14.0. The molecule has 12 heteroatoms. The summed E-state index contributed by atoms with van der Waals surface area (Å²) in [6.45, 7) is 1.89. The summed E-state index contributed by atoms with van der Waals surface area (Å²) in [6, 6.07) is 17.6. The molecule has 3 aromatic carbocycles. The van der Waals surface area contributed by atoms with Gasteiger partial charge >= 0.3 is 11.9 Å². The van der Waals surface area contributed by atoms with Crippen molar-refractivity contribution in [2.45, 2.75) is 23.5 Å². The molecule has 0 aliphatic rings. The third-order valence-electron chi connectivity index (χ3n) is 5.90. The van der Waals surface area contributed by atoms with E-state index in [1.165, 1.54) is 29.2 Å². The number of carboxylic acids is 2. The van der Waals surface area contributed by atoms with Crippen LogP contribution in [-0.2, 0) is 4.79 Å². The number of carboxylic acid groups (broad SMARTS) is 2. The number of aromatic nitrogens is 1. The summed E-state index contributed by atoms with van der Waals surface area (Å²) >= 11 is 2.64. The van der Waals surface area contributed by atoms with Crippen molar-refractivity contribution in [1.29, 1.82) is 0 Å². The van der Waals surface area contributed by atoms with Gasteiger partial charge in [-0.1, -0.05) is 13.0 Å². The van der Waals surface area contributed by atoms with E-state index in [0.29, 0.717) is 22.1 Å². The molecule has 10 nitrogen and oxygen atoms in total. The molecule has 4 aromatic rings. The molecule has 0 radical (unpaired) electrons. The van der Waals surface area contributed by atoms with Crippen LogP contribution in [0, 0.1) is 0 Å². The smallest absolute Gasteiger partial charge is 0.336 e. The van der Waals surface area contributed by atoms with Gasteiger partial charge in [0.05, 0.1) is 34.7 Å². The minimum absolute atomic E-state index is 0.177. The second-order valence-electron chi connectivity index (χ2n) is 8.62. The maximum atomic E-state index is 13.1. The molecule has 1 aromatic heterocycles. The van der Waals surface area contributed by atoms with Crippen LogP contribution in [0.2, 0.25) is 0 Å². The van der Waals surface area contributed by atoms with Gasteiger partial charge < -0.3 is 25.6 Å². The number of aromatic carboxylic acids is 2. The fourth-order valence-electron chi connectivity index (χ4n) is 3.80. The van der Waals surface area contributed by atoms with Crippen LogP contribution in [0.25, 0.3) is 11.3 Å². The number of nitrogens with zero attached hydrogens (tertiary/aromatic N) is 1. The van der Waals surface area contributed by atoms with Crippen molar-refractivity contribution in [3.05, 3.63) is 88.8 Å². The number of amides is 2. The Morgan fingerprint density at radius 3 is 2.37 bits per heavy atom. The summed E-state index contributed by atoms with van der Waals surface area (Å²) in [5, 5.41) is 26.0. The number of thioether (sulfide) groups is 1. The van der Waals surface area contributed by atoms with E-state index in [2.05, 4.69) is 15.6 Å². The Kier molecular flexibility index (Phi) is 9.37. The van der Waals surface area contributed by atoms with Crippen LogP contribution in [0.4, 0.5) is 10.8 Å². The number of carbonyl (C=O) groups is 4. The van der Waals surface area contributed by atoms with Crippen LogP contribution in [0.1, 0.15) is 44.4 Å². The molecular formula is C29H25N3O7S2. The van der Waals surface area contributed by atoms with Gasteiger partial charge in [0, 0.05) is 21.5 Å². The Labute approximate surface area is 243 Å². The van der Waals surface area contributed by atoms with Gasteiger partial charge in [0.1, 0.15) is 5.75 Å². The summed E-state index contributed by atoms with van der Waals surface area (Å²) in [4.78, 5) is 54.0. The third kappa shape index (κ3) is 7.29. The lowest BCUT2D eigenvalue weighted by molar-refractivity contribution is -0.115. The SMILES string of the molecule is CCC(Sc1cccc(NC(=O)c2ccc(C(=O)O)cc2C(=O)O)c1)C(=O)Nc1nc(-c2ccc(OC)cc2)cs1. The van der Waals surface area contributed by atoms with Crippen molar-refractivity contribution in [3.63, 3.8) is 0 Å². The fraction of sp³-hybridized carbons (Fsp3) is 0.138. The average molecular weight is 592 g/mol. The van der Waals surface area contributed by atoms with Crippen molar-refractivity contribution in [3.8, 4) is 17.0 Å². The molecule has 210 valence electrons. The number of methoxy groups -OCH3 is 1. The van der Waals surface area contributed by atoms with E-state index < -0.39 is 28.7 Å². The molecule has 1 atom stereocenters. The monoisotopic (exact) mass is 591 g/mol. The van der Waals surface area contributed by atoms with E-state index >= 15 is 0 Å². The van der Waals surface area contributed by atoms with Crippen molar-refractivity contribution in [2.75, 3.05) is 17.7 Å². The molecule has 4 rings (SSSR count). The van der Waals surface area contributed by atoms with Crippen molar-refractivity contribution in [2.24, 2.45) is 0 Å². The molecule has 0 fully saturated rings. The Balaban J connectivity index is 1.42. The second-order valence-corrected chi connectivity index (χ2v) is 10.8. The second kappa shape index (κ2) is 13.1. The predicted octanol–water partition coefficient (Wildman–Crippen LogP) is 5.98. The maximum Gasteiger partial charge on any atom is 0.336 e. The Morgan fingerprint density at radius 2 is 1.71 bits per heavy atom. The number of carbonyl (C=O) groups excluding carboxylic acids is 2. The normalized spacial score (nSPS) is 11.4. The summed E-state index contributed by atoms with van der Waals surface area (Å²) in [5.41, 5.74) is 1.18. The highest BCUT2D eigenvalue weighted by Gasteiger charge is 2.21. The highest BCUT2D eigenvalue weighted by molar-refractivity contribution is 8.00. The zero-order chi connectivity index (χ0) is 29.5. The zero-order valence-electron chi connectivity index (χ0n) is 21.9. The van der Waals surface area contributed by atoms with Gasteiger partial charge in [-0.3, -0.25) is 9.59 Å². The number of anilines is 2. The third-order valence-corrected chi connectivity index (χ3v) is 8.01. The molecule has 0 bridgehead atoms. The lowest BCUT2D eigenvalue weighted by Gasteiger charge is -2.15. The minimum atomic E-state index is -1.42. The molecule has 0 saturated carbocycles. The van der Waals surface area contributed by atoms with E-state index in [1.807, 2.05) is 36.6 Å². The molecule has 41 heavy (non-hydrogen) atoms. The number of ether oxygens (including phenoxy) is 1. The van der Waals surface area contributed by atoms with Gasteiger partial charge in [-0.05, 0) is 67.1 Å². The van der Waals surface area contributed by atoms with Gasteiger partial charge in [0.15, 0.2) is 5.13 Å². The summed E-state index contributed by atoms with van der Waals surface area (Å²) in [6.07, 6.45) is 0.529. The highest BCUT2D eigenvalue weighted by Crippen LogP contribution is 2.31. The highest BCUT2D eigenvalue weighted by atomic mass is 32.2. The summed E-state index contributed by atoms with van der Waals surface area (Å²) in [7, 11) is 1.60. The standard InChI is InChI=1S/C29H25N3O7S2/c1-3-24(26(34)32-29-31-23(15-40-29)16-7-10-19(39-2)11-8-16)41-20-6-4-5-18(14-20)30-25(33)21-12-9-17(27(35)36)13-22(21)28(37)38/h4-15,24H,3H2,1-2H3,(H,30,33)(H,35,36)(H,37,38)(H,31,32,34). The first kappa shape index (κ1) is 29.3. The molecule has 4 N–H and O–H groups in total. The van der Waals surface area contributed by atoms with Crippen molar-refractivity contribution in [1.82, 2.24) is 4.98 Å². The van der Waals surface area contributed by atoms with Gasteiger partial charge in [-0.25, -0.2) is 14.6 Å². The van der Waals surface area contributed by atoms with Crippen LogP contribution in [0.15, 0.2) is 77.0 Å². The first-order valence-electron chi connectivity index (χ1n) is 12.3. The van der Waals surface area contributed by atoms with Crippen LogP contribution in [-0.4, -0.2) is 51.3 Å². The Morgan fingerprint density at radius 1 is 0.951 bits per heavy atom. The zero-order valence-corrected chi connectivity index (χ0v) is 23.5. The molecule has 0 saturated heterocycles. The van der Waals surface area contributed by atoms with Gasteiger partial charge in [0.2, 0.25) is 5.91 Å². The number of hydrogen-bond acceptors (Lipinski definition) is 8.